The van der Waals surface area contributed by atoms with E-state index >= 15 is 0 Å². The highest BCUT2D eigenvalue weighted by atomic mass is 16.4. The number of rotatable bonds is 4. The van der Waals surface area contributed by atoms with Gasteiger partial charge in [0.25, 0.3) is 0 Å². The molecule has 1 aliphatic rings. The predicted molar refractivity (Wildman–Crippen MR) is 75.9 cm³/mol. The van der Waals surface area contributed by atoms with E-state index in [9.17, 15) is 4.79 Å². The highest BCUT2D eigenvalue weighted by Crippen LogP contribution is 2.23. The van der Waals surface area contributed by atoms with Gasteiger partial charge in [-0.15, -0.1) is 0 Å². The van der Waals surface area contributed by atoms with Crippen molar-refractivity contribution in [1.82, 2.24) is 10.6 Å². The fraction of sp³-hybridized carbons (Fsp3) is 0.500. The molecule has 1 atom stereocenters. The van der Waals surface area contributed by atoms with Gasteiger partial charge < -0.3 is 20.6 Å². The second-order valence-corrected chi connectivity index (χ2v) is 5.38. The van der Waals surface area contributed by atoms with E-state index in [1.165, 1.54) is 0 Å². The first kappa shape index (κ1) is 13.7. The first-order chi connectivity index (χ1) is 9.01. The van der Waals surface area contributed by atoms with Gasteiger partial charge >= 0.3 is 6.09 Å². The van der Waals surface area contributed by atoms with Crippen LogP contribution in [0, 0.1) is 0 Å². The average molecular weight is 263 g/mol. The standard InChI is InChI=1S/C14H21N3O2/c1-17(2)12-5-3-4-11(8-12)9-14(16-13(18)19)6-7-15-10-14/h3-5,8,15-16H,6-7,9-10H2,1-2H3,(H,18,19)/t14-/m0/s1. The summed E-state index contributed by atoms with van der Waals surface area (Å²) >= 11 is 0. The molecular weight excluding hydrogens is 242 g/mol. The average Bonchev–Trinajstić information content (AvgIpc) is 2.76. The van der Waals surface area contributed by atoms with Gasteiger partial charge in [0, 0.05) is 26.3 Å². The molecule has 0 bridgehead atoms. The van der Waals surface area contributed by atoms with Crippen molar-refractivity contribution in [3.05, 3.63) is 29.8 Å². The van der Waals surface area contributed by atoms with Crippen LogP contribution in [0.5, 0.6) is 0 Å². The lowest BCUT2D eigenvalue weighted by Crippen LogP contribution is -2.51. The van der Waals surface area contributed by atoms with E-state index in [4.69, 9.17) is 5.11 Å². The predicted octanol–water partition coefficient (Wildman–Crippen LogP) is 1.29. The normalized spacial score (nSPS) is 22.2. The van der Waals surface area contributed by atoms with Gasteiger partial charge in [-0.1, -0.05) is 12.1 Å². The minimum Gasteiger partial charge on any atom is -0.465 e. The number of hydrogen-bond acceptors (Lipinski definition) is 3. The molecule has 1 amide bonds. The zero-order chi connectivity index (χ0) is 13.9. The van der Waals surface area contributed by atoms with E-state index < -0.39 is 6.09 Å². The van der Waals surface area contributed by atoms with Gasteiger partial charge in [0.2, 0.25) is 0 Å². The number of benzene rings is 1. The molecule has 3 N–H and O–H groups in total. The van der Waals surface area contributed by atoms with Crippen molar-refractivity contribution in [3.8, 4) is 0 Å². The van der Waals surface area contributed by atoms with Gasteiger partial charge in [0.05, 0.1) is 5.54 Å². The Morgan fingerprint density at radius 1 is 1.53 bits per heavy atom. The Balaban J connectivity index is 2.17. The van der Waals surface area contributed by atoms with Crippen LogP contribution in [0.15, 0.2) is 24.3 Å². The molecule has 5 heteroatoms. The molecule has 1 aromatic carbocycles. The number of anilines is 1. The van der Waals surface area contributed by atoms with Crippen LogP contribution in [0.1, 0.15) is 12.0 Å². The molecule has 1 saturated heterocycles. The molecule has 19 heavy (non-hydrogen) atoms. The fourth-order valence-corrected chi connectivity index (χ4v) is 2.61. The number of amides is 1. The van der Waals surface area contributed by atoms with E-state index in [1.54, 1.807) is 0 Å². The summed E-state index contributed by atoms with van der Waals surface area (Å²) in [4.78, 5) is 13.0. The van der Waals surface area contributed by atoms with Crippen LogP contribution >= 0.6 is 0 Å². The minimum atomic E-state index is -0.951. The summed E-state index contributed by atoms with van der Waals surface area (Å²) in [5.74, 6) is 0. The lowest BCUT2D eigenvalue weighted by molar-refractivity contribution is 0.179. The SMILES string of the molecule is CN(C)c1cccc(C[C@@]2(NC(=O)O)CCNC2)c1. The number of carboxylic acid groups (broad SMARTS) is 1. The molecule has 1 aliphatic heterocycles. The van der Waals surface area contributed by atoms with Crippen LogP contribution < -0.4 is 15.5 Å². The Morgan fingerprint density at radius 3 is 2.89 bits per heavy atom. The van der Waals surface area contributed by atoms with Crippen LogP contribution in [0.2, 0.25) is 0 Å². The molecule has 0 aliphatic carbocycles. The van der Waals surface area contributed by atoms with E-state index in [-0.39, 0.29) is 5.54 Å². The zero-order valence-electron chi connectivity index (χ0n) is 11.4. The van der Waals surface area contributed by atoms with Gasteiger partial charge in [-0.3, -0.25) is 0 Å². The lowest BCUT2D eigenvalue weighted by Gasteiger charge is -2.28. The van der Waals surface area contributed by atoms with Gasteiger partial charge in [-0.05, 0) is 37.1 Å². The number of carbonyl (C=O) groups is 1. The maximum absolute atomic E-state index is 11.0. The highest BCUT2D eigenvalue weighted by molar-refractivity contribution is 5.66. The third kappa shape index (κ3) is 3.38. The Labute approximate surface area is 113 Å². The molecule has 2 rings (SSSR count). The first-order valence-electron chi connectivity index (χ1n) is 6.49. The Bertz CT molecular complexity index is 454. The largest absolute Gasteiger partial charge is 0.465 e. The van der Waals surface area contributed by atoms with Crippen molar-refractivity contribution >= 4 is 11.8 Å². The maximum atomic E-state index is 11.0. The molecule has 5 nitrogen and oxygen atoms in total. The second-order valence-electron chi connectivity index (χ2n) is 5.38. The van der Waals surface area contributed by atoms with Crippen molar-refractivity contribution in [2.24, 2.45) is 0 Å². The number of hydrogen-bond donors (Lipinski definition) is 3. The maximum Gasteiger partial charge on any atom is 0.405 e. The molecule has 0 spiro atoms. The third-order valence-corrected chi connectivity index (χ3v) is 3.59. The van der Waals surface area contributed by atoms with Crippen LogP contribution in [0.25, 0.3) is 0 Å². The zero-order valence-corrected chi connectivity index (χ0v) is 11.4. The molecule has 1 heterocycles. The van der Waals surface area contributed by atoms with Crippen molar-refractivity contribution in [2.75, 3.05) is 32.1 Å². The Kier molecular flexibility index (Phi) is 3.95. The van der Waals surface area contributed by atoms with Gasteiger partial charge in [0.15, 0.2) is 0 Å². The van der Waals surface area contributed by atoms with E-state index in [0.717, 1.165) is 24.2 Å². The van der Waals surface area contributed by atoms with Crippen molar-refractivity contribution < 1.29 is 9.90 Å². The highest BCUT2D eigenvalue weighted by Gasteiger charge is 2.35. The van der Waals surface area contributed by atoms with Gasteiger partial charge in [-0.2, -0.15) is 0 Å². The van der Waals surface area contributed by atoms with Crippen LogP contribution in [0.4, 0.5) is 10.5 Å². The summed E-state index contributed by atoms with van der Waals surface area (Å²) in [5.41, 5.74) is 1.91. The van der Waals surface area contributed by atoms with E-state index in [2.05, 4.69) is 22.8 Å². The molecule has 0 unspecified atom stereocenters. The third-order valence-electron chi connectivity index (χ3n) is 3.59. The molecule has 1 aromatic rings. The van der Waals surface area contributed by atoms with Gasteiger partial charge in [-0.25, -0.2) is 4.79 Å². The monoisotopic (exact) mass is 263 g/mol. The summed E-state index contributed by atoms with van der Waals surface area (Å²) < 4.78 is 0. The lowest BCUT2D eigenvalue weighted by atomic mass is 9.90. The molecule has 0 saturated carbocycles. The van der Waals surface area contributed by atoms with Crippen molar-refractivity contribution in [1.29, 1.82) is 0 Å². The van der Waals surface area contributed by atoms with E-state index in [1.807, 2.05) is 31.1 Å². The van der Waals surface area contributed by atoms with Crippen molar-refractivity contribution in [3.63, 3.8) is 0 Å². The smallest absolute Gasteiger partial charge is 0.405 e. The Hall–Kier alpha value is -1.75. The van der Waals surface area contributed by atoms with Crippen molar-refractivity contribution in [2.45, 2.75) is 18.4 Å². The number of nitrogens with one attached hydrogen (secondary N) is 2. The number of nitrogens with zero attached hydrogens (tertiary/aromatic N) is 1. The summed E-state index contributed by atoms with van der Waals surface area (Å²) in [6.07, 6.45) is 0.590. The topological polar surface area (TPSA) is 64.6 Å². The van der Waals surface area contributed by atoms with E-state index in [0.29, 0.717) is 13.0 Å². The molecule has 0 radical (unpaired) electrons. The molecule has 1 fully saturated rings. The Morgan fingerprint density at radius 2 is 2.32 bits per heavy atom. The quantitative estimate of drug-likeness (QED) is 0.766. The van der Waals surface area contributed by atoms with Gasteiger partial charge in [0.1, 0.15) is 0 Å². The second kappa shape index (κ2) is 5.48. The summed E-state index contributed by atoms with van der Waals surface area (Å²) in [5, 5.41) is 14.9. The summed E-state index contributed by atoms with van der Waals surface area (Å²) in [6, 6.07) is 8.23. The van der Waals surface area contributed by atoms with Crippen LogP contribution in [-0.4, -0.2) is 43.9 Å². The summed E-state index contributed by atoms with van der Waals surface area (Å²) in [7, 11) is 4.00. The fourth-order valence-electron chi connectivity index (χ4n) is 2.61. The molecule has 104 valence electrons. The summed E-state index contributed by atoms with van der Waals surface area (Å²) in [6.45, 7) is 1.54. The minimum absolute atomic E-state index is 0.378. The first-order valence-corrected chi connectivity index (χ1v) is 6.49. The van der Waals surface area contributed by atoms with Crippen LogP contribution in [0.3, 0.4) is 0 Å². The molecule has 0 aromatic heterocycles. The van der Waals surface area contributed by atoms with Crippen LogP contribution in [-0.2, 0) is 6.42 Å². The molecular formula is C14H21N3O2.